The minimum Gasteiger partial charge on any atom is -0.360 e. The number of likely N-dealkylation sites (N-methyl/N-ethyl adjacent to an activating group) is 2. The normalized spacial score (nSPS) is 11.9. The smallest absolute Gasteiger partial charge is 0.268 e. The number of aromatic nitrogens is 6. The maximum Gasteiger partial charge on any atom is 0.268 e. The number of nitrogens with zero attached hydrogens (tertiary/aromatic N) is 7. The molecule has 0 aliphatic carbocycles. The minimum atomic E-state index is -3.98. The number of rotatable bonds is 22. The molecule has 7 aromatic carbocycles. The molecule has 22 nitrogen and oxygen atoms in total. The standard InChI is InChI=1S/C36H32ClN7O5S2.C30H28ClN7O3S/c1-43(2)21-9-16-34(45)39-25-17-19-28(20-18-25)50(46,47)42-27-11-8-10-26(22-27)40-36-38-23-32(37)35(41-36)31-24-44(33-15-7-6-14-30(31)33)51(48,49)29-12-4-3-5-13-29;1-38(2)16-6-11-28(39)34-20-12-14-23(15-13-20)42(40,41)37-22-8-5-7-21(17-22)35-30-33-19-26(31)29(36-30)25-18-32-27-10-4-3-9-24(25)27/h3-20,22-24,42H,21H2,1-2H3,(H,39,45)(H,38,40,41);3-15,17-19,32,37H,16H2,1-2H3,(H,34,39)(H,33,35,36)/b16-9+;11-6+. The predicted octanol–water partition coefficient (Wildman–Crippen LogP) is 12.5. The second-order valence-corrected chi connectivity index (χ2v) is 27.2. The third kappa shape index (κ3) is 16.6. The van der Waals surface area contributed by atoms with Crippen molar-refractivity contribution in [2.45, 2.75) is 14.7 Å². The van der Waals surface area contributed by atoms with Crippen molar-refractivity contribution in [3.8, 4) is 22.5 Å². The maximum atomic E-state index is 13.6. The summed E-state index contributed by atoms with van der Waals surface area (Å²) in [6.07, 6.45) is 12.6. The van der Waals surface area contributed by atoms with E-state index in [9.17, 15) is 34.8 Å². The number of nitrogens with one attached hydrogen (secondary N) is 7. The number of H-pyrrole nitrogens is 1. The minimum absolute atomic E-state index is 0.00105. The third-order valence-electron chi connectivity index (χ3n) is 13.7. The highest BCUT2D eigenvalue weighted by molar-refractivity contribution is 7.93. The monoisotopic (exact) mass is 1340 g/mol. The third-order valence-corrected chi connectivity index (χ3v) is 18.7. The van der Waals surface area contributed by atoms with Gasteiger partial charge in [-0.25, -0.2) is 49.2 Å². The number of hydrogen-bond acceptors (Lipinski definition) is 16. The summed E-state index contributed by atoms with van der Waals surface area (Å²) in [5.41, 5.74) is 6.18. The summed E-state index contributed by atoms with van der Waals surface area (Å²) in [5, 5.41) is 13.8. The van der Waals surface area contributed by atoms with Crippen molar-refractivity contribution in [2.24, 2.45) is 0 Å². The van der Waals surface area contributed by atoms with Crippen molar-refractivity contribution in [3.63, 3.8) is 0 Å². The molecule has 0 unspecified atom stereocenters. The summed E-state index contributed by atoms with van der Waals surface area (Å²) in [6.45, 7) is 1.24. The van der Waals surface area contributed by atoms with E-state index in [2.05, 4.69) is 55.6 Å². The van der Waals surface area contributed by atoms with Crippen molar-refractivity contribution < 1.29 is 34.8 Å². The van der Waals surface area contributed by atoms with Crippen LogP contribution in [0.15, 0.2) is 240 Å². The van der Waals surface area contributed by atoms with Gasteiger partial charge in [-0.1, -0.05) is 102 Å². The number of para-hydroxylation sites is 2. The first kappa shape index (κ1) is 65.7. The summed E-state index contributed by atoms with van der Waals surface area (Å²) in [6, 6.07) is 48.0. The first-order valence-electron chi connectivity index (χ1n) is 28.4. The molecule has 27 heteroatoms. The Morgan fingerprint density at radius 3 is 1.46 bits per heavy atom. The number of benzene rings is 7. The van der Waals surface area contributed by atoms with Crippen LogP contribution >= 0.6 is 23.2 Å². The molecule has 0 fully saturated rings. The van der Waals surface area contributed by atoms with Crippen LogP contribution in [0.3, 0.4) is 0 Å². The lowest BCUT2D eigenvalue weighted by Crippen LogP contribution is -2.14. The zero-order valence-electron chi connectivity index (χ0n) is 50.2. The molecule has 474 valence electrons. The summed E-state index contributed by atoms with van der Waals surface area (Å²) in [5.74, 6) is -0.178. The number of amides is 2. The largest absolute Gasteiger partial charge is 0.360 e. The molecule has 0 aliphatic heterocycles. The number of aromatic amines is 1. The predicted molar refractivity (Wildman–Crippen MR) is 368 cm³/mol. The van der Waals surface area contributed by atoms with Gasteiger partial charge in [-0.3, -0.25) is 19.0 Å². The van der Waals surface area contributed by atoms with Crippen LogP contribution in [0.5, 0.6) is 0 Å². The highest BCUT2D eigenvalue weighted by atomic mass is 35.5. The van der Waals surface area contributed by atoms with Crippen LogP contribution < -0.4 is 30.7 Å². The van der Waals surface area contributed by atoms with Gasteiger partial charge in [0.2, 0.25) is 23.7 Å². The van der Waals surface area contributed by atoms with Gasteiger partial charge < -0.3 is 36.1 Å². The molecule has 0 radical (unpaired) electrons. The van der Waals surface area contributed by atoms with Crippen LogP contribution in [0, 0.1) is 0 Å². The molecule has 0 atom stereocenters. The van der Waals surface area contributed by atoms with Crippen LogP contribution in [0.4, 0.5) is 46.0 Å². The Balaban J connectivity index is 0.000000207. The van der Waals surface area contributed by atoms with E-state index in [4.69, 9.17) is 23.2 Å². The van der Waals surface area contributed by atoms with Crippen molar-refractivity contribution in [3.05, 3.63) is 235 Å². The maximum absolute atomic E-state index is 13.6. The van der Waals surface area contributed by atoms with Gasteiger partial charge in [0.1, 0.15) is 0 Å². The topological polar surface area (TPSA) is 288 Å². The van der Waals surface area contributed by atoms with E-state index in [0.29, 0.717) is 80.4 Å². The van der Waals surface area contributed by atoms with E-state index in [1.807, 2.05) is 68.5 Å². The van der Waals surface area contributed by atoms with Crippen molar-refractivity contribution in [1.82, 2.24) is 38.7 Å². The molecule has 0 saturated heterocycles. The molecule has 93 heavy (non-hydrogen) atoms. The van der Waals surface area contributed by atoms with Crippen LogP contribution in [0.1, 0.15) is 0 Å². The van der Waals surface area contributed by atoms with Gasteiger partial charge in [-0.05, 0) is 137 Å². The summed E-state index contributed by atoms with van der Waals surface area (Å²) in [7, 11) is -4.24. The fraction of sp³-hybridized carbons (Fsp3) is 0.0909. The summed E-state index contributed by atoms with van der Waals surface area (Å²) < 4.78 is 86.1. The zero-order chi connectivity index (χ0) is 65.9. The highest BCUT2D eigenvalue weighted by Gasteiger charge is 2.24. The highest BCUT2D eigenvalue weighted by Crippen LogP contribution is 2.37. The molecule has 0 saturated carbocycles. The number of sulfonamides is 2. The molecular formula is C66H60Cl2N14O8S3. The number of halogens is 2. The van der Waals surface area contributed by atoms with E-state index in [-0.39, 0.29) is 43.2 Å². The van der Waals surface area contributed by atoms with Crippen molar-refractivity contribution in [2.75, 3.05) is 72.0 Å². The molecule has 7 N–H and O–H groups in total. The molecule has 4 aromatic heterocycles. The molecule has 2 amide bonds. The number of carbonyl (C=O) groups is 2. The van der Waals surface area contributed by atoms with Gasteiger partial charge in [0, 0.05) is 87.8 Å². The molecule has 11 aromatic rings. The van der Waals surface area contributed by atoms with Gasteiger partial charge in [0.25, 0.3) is 30.1 Å². The van der Waals surface area contributed by atoms with E-state index in [1.165, 1.54) is 95.4 Å². The Labute approximate surface area is 547 Å². The Kier molecular flexibility index (Phi) is 20.4. The molecule has 11 rings (SSSR count). The van der Waals surface area contributed by atoms with Crippen LogP contribution in [-0.2, 0) is 39.7 Å². The fourth-order valence-electron chi connectivity index (χ4n) is 9.29. The van der Waals surface area contributed by atoms with Crippen LogP contribution in [0.25, 0.3) is 44.3 Å². The van der Waals surface area contributed by atoms with Gasteiger partial charge in [-0.15, -0.1) is 0 Å². The molecule has 0 aliphatic rings. The second kappa shape index (κ2) is 28.9. The average molecular weight is 1340 g/mol. The van der Waals surface area contributed by atoms with E-state index in [0.717, 1.165) is 16.5 Å². The van der Waals surface area contributed by atoms with Gasteiger partial charge >= 0.3 is 0 Å². The van der Waals surface area contributed by atoms with Crippen molar-refractivity contribution >= 4 is 133 Å². The Morgan fingerprint density at radius 2 is 0.957 bits per heavy atom. The molecule has 0 spiro atoms. The number of carbonyl (C=O) groups excluding carboxylic acids is 2. The van der Waals surface area contributed by atoms with Crippen LogP contribution in [-0.4, -0.2) is 117 Å². The van der Waals surface area contributed by atoms with Gasteiger partial charge in [0.15, 0.2) is 0 Å². The lowest BCUT2D eigenvalue weighted by molar-refractivity contribution is -0.112. The zero-order valence-corrected chi connectivity index (χ0v) is 54.1. The first-order chi connectivity index (χ1) is 44.6. The SMILES string of the molecule is CN(C)C/C=C/C(=O)Nc1ccc(S(=O)(=O)Nc2cccc(Nc3ncc(Cl)c(-c4c[nH]c5ccccc45)n3)c2)cc1.CN(C)C/C=C/C(=O)Nc1ccc(S(=O)(=O)Nc2cccc(Nc3ncc(Cl)c(-c4cn(S(=O)(=O)c5ccccc5)c5ccccc45)n3)c2)cc1. The number of anilines is 8. The molecule has 0 bridgehead atoms. The summed E-state index contributed by atoms with van der Waals surface area (Å²) >= 11 is 13.0. The Morgan fingerprint density at radius 1 is 0.505 bits per heavy atom. The lowest BCUT2D eigenvalue weighted by Gasteiger charge is -2.12. The molecule has 4 heterocycles. The van der Waals surface area contributed by atoms with Gasteiger partial charge in [0.05, 0.1) is 65.4 Å². The van der Waals surface area contributed by atoms with Gasteiger partial charge in [-0.2, -0.15) is 0 Å². The average Bonchev–Trinajstić information content (AvgIpc) is 1.62. The van der Waals surface area contributed by atoms with E-state index < -0.39 is 30.1 Å². The lowest BCUT2D eigenvalue weighted by atomic mass is 10.1. The van der Waals surface area contributed by atoms with Crippen LogP contribution in [0.2, 0.25) is 10.0 Å². The Bertz CT molecular complexity index is 4960. The van der Waals surface area contributed by atoms with Crippen molar-refractivity contribution in [1.29, 1.82) is 0 Å². The Hall–Kier alpha value is -10.3. The first-order valence-corrected chi connectivity index (χ1v) is 33.5. The summed E-state index contributed by atoms with van der Waals surface area (Å²) in [4.78, 5) is 49.3. The van der Waals surface area contributed by atoms with E-state index >= 15 is 0 Å². The molecular weight excluding hydrogens is 1280 g/mol. The quantitative estimate of drug-likeness (QED) is 0.0310. The fourth-order valence-corrected chi connectivity index (χ4v) is 13.2. The van der Waals surface area contributed by atoms with E-state index in [1.54, 1.807) is 103 Å². The number of fused-ring (bicyclic) bond motifs is 2. The second-order valence-electron chi connectivity index (χ2n) is 21.2. The number of hydrogen-bond donors (Lipinski definition) is 7.